The van der Waals surface area contributed by atoms with E-state index in [1.165, 1.54) is 23.2 Å². The zero-order chi connectivity index (χ0) is 16.4. The molecule has 2 aliphatic rings. The van der Waals surface area contributed by atoms with E-state index >= 15 is 0 Å². The predicted molar refractivity (Wildman–Crippen MR) is 95.9 cm³/mol. The highest BCUT2D eigenvalue weighted by Crippen LogP contribution is 2.24. The molecule has 1 N–H and O–H groups in total. The number of fused-ring (bicyclic) bond motifs is 1. The Bertz CT molecular complexity index is 734. The Morgan fingerprint density at radius 1 is 0.958 bits per heavy atom. The van der Waals surface area contributed by atoms with Crippen LogP contribution in [0.4, 0.5) is 11.4 Å². The molecule has 0 spiro atoms. The van der Waals surface area contributed by atoms with Gasteiger partial charge in [0.15, 0.2) is 0 Å². The first-order valence-corrected chi connectivity index (χ1v) is 8.65. The highest BCUT2D eigenvalue weighted by Gasteiger charge is 2.15. The van der Waals surface area contributed by atoms with E-state index in [1.54, 1.807) is 0 Å². The summed E-state index contributed by atoms with van der Waals surface area (Å²) in [5.74, 6) is -0.0381. The minimum atomic E-state index is -0.0381. The van der Waals surface area contributed by atoms with E-state index in [2.05, 4.69) is 28.4 Å². The summed E-state index contributed by atoms with van der Waals surface area (Å²) in [6, 6.07) is 14.1. The van der Waals surface area contributed by atoms with Gasteiger partial charge in [-0.15, -0.1) is 0 Å². The number of hydrogen-bond acceptors (Lipinski definition) is 3. The van der Waals surface area contributed by atoms with Crippen LogP contribution in [0.1, 0.15) is 27.9 Å². The van der Waals surface area contributed by atoms with Crippen molar-refractivity contribution in [1.29, 1.82) is 0 Å². The number of nitrogens with zero attached hydrogens (tertiary/aromatic N) is 1. The standard InChI is InChI=1S/C20H22N2O2/c23-20(17-5-4-15-2-1-3-16(15)14-17)21-18-6-8-19(9-7-18)22-10-12-24-13-11-22/h4-9,14H,1-3,10-13H2,(H,21,23). The third kappa shape index (κ3) is 3.15. The minimum absolute atomic E-state index is 0.0381. The summed E-state index contributed by atoms with van der Waals surface area (Å²) in [6.07, 6.45) is 3.42. The zero-order valence-corrected chi connectivity index (χ0v) is 13.8. The quantitative estimate of drug-likeness (QED) is 0.943. The second-order valence-corrected chi connectivity index (χ2v) is 6.44. The lowest BCUT2D eigenvalue weighted by Gasteiger charge is -2.28. The third-order valence-corrected chi connectivity index (χ3v) is 4.86. The van der Waals surface area contributed by atoms with Crippen molar-refractivity contribution in [3.8, 4) is 0 Å². The summed E-state index contributed by atoms with van der Waals surface area (Å²) in [7, 11) is 0. The van der Waals surface area contributed by atoms with Crippen molar-refractivity contribution in [2.24, 2.45) is 0 Å². The van der Waals surface area contributed by atoms with Gasteiger partial charge >= 0.3 is 0 Å². The van der Waals surface area contributed by atoms with Crippen LogP contribution in [0, 0.1) is 0 Å². The second-order valence-electron chi connectivity index (χ2n) is 6.44. The predicted octanol–water partition coefficient (Wildman–Crippen LogP) is 3.26. The molecule has 0 saturated carbocycles. The van der Waals surface area contributed by atoms with Gasteiger partial charge in [0.25, 0.3) is 5.91 Å². The van der Waals surface area contributed by atoms with Crippen molar-refractivity contribution in [3.05, 3.63) is 59.2 Å². The van der Waals surface area contributed by atoms with Crippen LogP contribution in [0.3, 0.4) is 0 Å². The number of carbonyl (C=O) groups excluding carboxylic acids is 1. The fourth-order valence-corrected chi connectivity index (χ4v) is 3.49. The lowest BCUT2D eigenvalue weighted by atomic mass is 10.1. The number of hydrogen-bond donors (Lipinski definition) is 1. The molecule has 0 aromatic heterocycles. The lowest BCUT2D eigenvalue weighted by Crippen LogP contribution is -2.36. The highest BCUT2D eigenvalue weighted by molar-refractivity contribution is 6.04. The molecule has 4 rings (SSSR count). The smallest absolute Gasteiger partial charge is 0.255 e. The van der Waals surface area contributed by atoms with Gasteiger partial charge in [0.1, 0.15) is 0 Å². The number of morpholine rings is 1. The molecular formula is C20H22N2O2. The maximum absolute atomic E-state index is 12.5. The van der Waals surface area contributed by atoms with Crippen molar-refractivity contribution in [2.75, 3.05) is 36.5 Å². The van der Waals surface area contributed by atoms with Gasteiger partial charge < -0.3 is 15.0 Å². The number of aryl methyl sites for hydroxylation is 2. The molecule has 4 nitrogen and oxygen atoms in total. The molecule has 0 radical (unpaired) electrons. The maximum atomic E-state index is 12.5. The van der Waals surface area contributed by atoms with Crippen LogP contribution in [0.25, 0.3) is 0 Å². The number of benzene rings is 2. The molecule has 0 bridgehead atoms. The minimum Gasteiger partial charge on any atom is -0.378 e. The number of amides is 1. The van der Waals surface area contributed by atoms with Crippen LogP contribution in [0.15, 0.2) is 42.5 Å². The molecular weight excluding hydrogens is 300 g/mol. The zero-order valence-electron chi connectivity index (χ0n) is 13.8. The normalized spacial score (nSPS) is 16.8. The van der Waals surface area contributed by atoms with Crippen molar-refractivity contribution < 1.29 is 9.53 Å². The van der Waals surface area contributed by atoms with Crippen LogP contribution in [0.5, 0.6) is 0 Å². The van der Waals surface area contributed by atoms with Gasteiger partial charge in [0, 0.05) is 30.0 Å². The number of anilines is 2. The summed E-state index contributed by atoms with van der Waals surface area (Å²) >= 11 is 0. The maximum Gasteiger partial charge on any atom is 0.255 e. The Labute approximate surface area is 142 Å². The Morgan fingerprint density at radius 3 is 2.50 bits per heavy atom. The molecule has 1 aliphatic carbocycles. The largest absolute Gasteiger partial charge is 0.378 e. The van der Waals surface area contributed by atoms with E-state index in [9.17, 15) is 4.79 Å². The lowest BCUT2D eigenvalue weighted by molar-refractivity contribution is 0.102. The molecule has 24 heavy (non-hydrogen) atoms. The van der Waals surface area contributed by atoms with Gasteiger partial charge in [-0.05, 0) is 66.8 Å². The topological polar surface area (TPSA) is 41.6 Å². The fraction of sp³-hybridized carbons (Fsp3) is 0.350. The van der Waals surface area contributed by atoms with Crippen LogP contribution < -0.4 is 10.2 Å². The molecule has 0 atom stereocenters. The first-order chi connectivity index (χ1) is 11.8. The van der Waals surface area contributed by atoms with Crippen LogP contribution in [0.2, 0.25) is 0 Å². The third-order valence-electron chi connectivity index (χ3n) is 4.86. The molecule has 4 heteroatoms. The van der Waals surface area contributed by atoms with E-state index in [0.29, 0.717) is 0 Å². The van der Waals surface area contributed by atoms with Crippen LogP contribution >= 0.6 is 0 Å². The van der Waals surface area contributed by atoms with E-state index in [4.69, 9.17) is 4.74 Å². The molecule has 124 valence electrons. The van der Waals surface area contributed by atoms with Gasteiger partial charge in [-0.3, -0.25) is 4.79 Å². The highest BCUT2D eigenvalue weighted by atomic mass is 16.5. The average Bonchev–Trinajstić information content (AvgIpc) is 3.11. The fourth-order valence-electron chi connectivity index (χ4n) is 3.49. The molecule has 1 saturated heterocycles. The van der Waals surface area contributed by atoms with Crippen molar-refractivity contribution in [3.63, 3.8) is 0 Å². The monoisotopic (exact) mass is 322 g/mol. The summed E-state index contributed by atoms with van der Waals surface area (Å²) in [4.78, 5) is 14.8. The van der Waals surface area contributed by atoms with Crippen molar-refractivity contribution in [2.45, 2.75) is 19.3 Å². The van der Waals surface area contributed by atoms with E-state index in [-0.39, 0.29) is 5.91 Å². The molecule has 1 amide bonds. The first kappa shape index (κ1) is 15.2. The first-order valence-electron chi connectivity index (χ1n) is 8.65. The average molecular weight is 322 g/mol. The number of rotatable bonds is 3. The molecule has 1 heterocycles. The molecule has 1 aliphatic heterocycles. The summed E-state index contributed by atoms with van der Waals surface area (Å²) in [5.41, 5.74) is 5.46. The van der Waals surface area contributed by atoms with Gasteiger partial charge in [-0.1, -0.05) is 6.07 Å². The second kappa shape index (κ2) is 6.65. The summed E-state index contributed by atoms with van der Waals surface area (Å²) < 4.78 is 5.38. The van der Waals surface area contributed by atoms with E-state index in [0.717, 1.165) is 50.4 Å². The summed E-state index contributed by atoms with van der Waals surface area (Å²) in [5, 5.41) is 3.00. The molecule has 1 fully saturated rings. The van der Waals surface area contributed by atoms with Gasteiger partial charge in [0.05, 0.1) is 13.2 Å². The van der Waals surface area contributed by atoms with Crippen LogP contribution in [-0.4, -0.2) is 32.2 Å². The Kier molecular flexibility index (Phi) is 4.22. The molecule has 2 aromatic rings. The Morgan fingerprint density at radius 2 is 1.71 bits per heavy atom. The van der Waals surface area contributed by atoms with Crippen molar-refractivity contribution in [1.82, 2.24) is 0 Å². The van der Waals surface area contributed by atoms with Crippen molar-refractivity contribution >= 4 is 17.3 Å². The van der Waals surface area contributed by atoms with Gasteiger partial charge in [0.2, 0.25) is 0 Å². The van der Waals surface area contributed by atoms with Gasteiger partial charge in [-0.2, -0.15) is 0 Å². The SMILES string of the molecule is O=C(Nc1ccc(N2CCOCC2)cc1)c1ccc2c(c1)CCC2. The summed E-state index contributed by atoms with van der Waals surface area (Å²) in [6.45, 7) is 3.38. The van der Waals surface area contributed by atoms with Gasteiger partial charge in [-0.25, -0.2) is 0 Å². The van der Waals surface area contributed by atoms with Crippen LogP contribution in [-0.2, 0) is 17.6 Å². The van der Waals surface area contributed by atoms with E-state index < -0.39 is 0 Å². The number of carbonyl (C=O) groups is 1. The Balaban J connectivity index is 1.44. The van der Waals surface area contributed by atoms with E-state index in [1.807, 2.05) is 24.3 Å². The molecule has 0 unspecified atom stereocenters. The number of ether oxygens (including phenoxy) is 1. The number of nitrogens with one attached hydrogen (secondary N) is 1. The Hall–Kier alpha value is -2.33. The molecule has 2 aromatic carbocycles.